The van der Waals surface area contributed by atoms with Crippen molar-refractivity contribution >= 4 is 11.6 Å². The van der Waals surface area contributed by atoms with Crippen LogP contribution in [0.2, 0.25) is 0 Å². The van der Waals surface area contributed by atoms with Crippen LogP contribution in [0.1, 0.15) is 36.0 Å². The number of benzene rings is 1. The third-order valence-corrected chi connectivity index (χ3v) is 5.00. The van der Waals surface area contributed by atoms with Crippen LogP contribution in [0.25, 0.3) is 0 Å². The van der Waals surface area contributed by atoms with E-state index in [1.807, 2.05) is 17.0 Å². The fourth-order valence-corrected chi connectivity index (χ4v) is 3.78. The van der Waals surface area contributed by atoms with Gasteiger partial charge in [0.05, 0.1) is 18.8 Å². The summed E-state index contributed by atoms with van der Waals surface area (Å²) < 4.78 is 5.57. The molecule has 2 atom stereocenters. The van der Waals surface area contributed by atoms with E-state index in [2.05, 4.69) is 17.0 Å². The van der Waals surface area contributed by atoms with Crippen molar-refractivity contribution in [3.8, 4) is 0 Å². The summed E-state index contributed by atoms with van der Waals surface area (Å²) in [4.78, 5) is 17.0. The zero-order chi connectivity index (χ0) is 14.2. The highest BCUT2D eigenvalue weighted by Crippen LogP contribution is 2.29. The van der Waals surface area contributed by atoms with Crippen LogP contribution >= 0.6 is 0 Å². The molecule has 2 bridgehead atoms. The van der Waals surface area contributed by atoms with E-state index in [9.17, 15) is 4.79 Å². The number of anilines is 1. The molecule has 4 rings (SSSR count). The van der Waals surface area contributed by atoms with E-state index in [0.717, 1.165) is 31.6 Å². The summed E-state index contributed by atoms with van der Waals surface area (Å²) >= 11 is 0. The SMILES string of the molecule is O=C(c1ccc(N2CCCCC2)cc1)N1CC2CC1CO2. The van der Waals surface area contributed by atoms with Crippen molar-refractivity contribution in [3.63, 3.8) is 0 Å². The van der Waals surface area contributed by atoms with Gasteiger partial charge in [-0.3, -0.25) is 4.79 Å². The average Bonchev–Trinajstić information content (AvgIpc) is 3.18. The molecule has 1 aromatic carbocycles. The molecule has 4 nitrogen and oxygen atoms in total. The molecule has 1 amide bonds. The van der Waals surface area contributed by atoms with Gasteiger partial charge in [-0.15, -0.1) is 0 Å². The lowest BCUT2D eigenvalue weighted by molar-refractivity contribution is 0.0259. The number of amides is 1. The van der Waals surface area contributed by atoms with E-state index in [1.165, 1.54) is 24.9 Å². The first-order valence-corrected chi connectivity index (χ1v) is 8.09. The number of ether oxygens (including phenoxy) is 1. The molecule has 3 fully saturated rings. The van der Waals surface area contributed by atoms with Crippen molar-refractivity contribution in [2.24, 2.45) is 0 Å². The largest absolute Gasteiger partial charge is 0.374 e. The molecule has 0 aromatic heterocycles. The van der Waals surface area contributed by atoms with Gasteiger partial charge in [-0.1, -0.05) is 0 Å². The molecular weight excluding hydrogens is 264 g/mol. The molecule has 1 aromatic rings. The number of piperidine rings is 1. The fraction of sp³-hybridized carbons (Fsp3) is 0.588. The Hall–Kier alpha value is -1.55. The lowest BCUT2D eigenvalue weighted by Crippen LogP contribution is -2.41. The summed E-state index contributed by atoms with van der Waals surface area (Å²) in [6.45, 7) is 3.75. The standard InChI is InChI=1S/C17H22N2O2/c20-17(19-11-16-10-15(19)12-21-16)13-4-6-14(7-5-13)18-8-2-1-3-9-18/h4-7,15-16H,1-3,8-12H2. The van der Waals surface area contributed by atoms with Crippen molar-refractivity contribution in [1.29, 1.82) is 0 Å². The normalized spacial score (nSPS) is 28.2. The monoisotopic (exact) mass is 286 g/mol. The molecule has 3 heterocycles. The number of likely N-dealkylation sites (tertiary alicyclic amines) is 1. The number of morpholine rings is 1. The number of rotatable bonds is 2. The Bertz CT molecular complexity index is 522. The maximum absolute atomic E-state index is 12.6. The van der Waals surface area contributed by atoms with Gasteiger partial charge in [0.1, 0.15) is 0 Å². The zero-order valence-electron chi connectivity index (χ0n) is 12.3. The van der Waals surface area contributed by atoms with Crippen LogP contribution in [-0.2, 0) is 4.74 Å². The lowest BCUT2D eigenvalue weighted by Gasteiger charge is -2.29. The maximum Gasteiger partial charge on any atom is 0.254 e. The fourth-order valence-electron chi connectivity index (χ4n) is 3.78. The summed E-state index contributed by atoms with van der Waals surface area (Å²) in [5.74, 6) is 0.163. The van der Waals surface area contributed by atoms with Gasteiger partial charge in [0.2, 0.25) is 0 Å². The summed E-state index contributed by atoms with van der Waals surface area (Å²) in [5, 5.41) is 0. The van der Waals surface area contributed by atoms with Gasteiger partial charge in [0.15, 0.2) is 0 Å². The van der Waals surface area contributed by atoms with E-state index in [0.29, 0.717) is 12.6 Å². The smallest absolute Gasteiger partial charge is 0.254 e. The summed E-state index contributed by atoms with van der Waals surface area (Å²) in [7, 11) is 0. The average molecular weight is 286 g/mol. The first-order chi connectivity index (χ1) is 10.3. The quantitative estimate of drug-likeness (QED) is 0.836. The predicted molar refractivity (Wildman–Crippen MR) is 81.7 cm³/mol. The first kappa shape index (κ1) is 13.1. The van der Waals surface area contributed by atoms with Crippen LogP contribution in [0.3, 0.4) is 0 Å². The van der Waals surface area contributed by atoms with Crippen LogP contribution < -0.4 is 4.90 Å². The molecule has 3 saturated heterocycles. The number of nitrogens with zero attached hydrogens (tertiary/aromatic N) is 2. The highest BCUT2D eigenvalue weighted by Gasteiger charge is 2.41. The van der Waals surface area contributed by atoms with Crippen LogP contribution in [-0.4, -0.2) is 49.2 Å². The Morgan fingerprint density at radius 1 is 1.10 bits per heavy atom. The summed E-state index contributed by atoms with van der Waals surface area (Å²) in [6, 6.07) is 8.47. The number of hydrogen-bond acceptors (Lipinski definition) is 3. The molecule has 3 aliphatic heterocycles. The van der Waals surface area contributed by atoms with E-state index in [4.69, 9.17) is 4.74 Å². The second-order valence-corrected chi connectivity index (χ2v) is 6.40. The maximum atomic E-state index is 12.6. The Morgan fingerprint density at radius 3 is 2.48 bits per heavy atom. The molecule has 0 N–H and O–H groups in total. The molecular formula is C17H22N2O2. The molecule has 21 heavy (non-hydrogen) atoms. The minimum Gasteiger partial charge on any atom is -0.374 e. The molecule has 0 spiro atoms. The summed E-state index contributed by atoms with van der Waals surface area (Å²) in [5.41, 5.74) is 2.06. The molecule has 0 aliphatic carbocycles. The van der Waals surface area contributed by atoms with Gasteiger partial charge in [0, 0.05) is 30.9 Å². The van der Waals surface area contributed by atoms with Gasteiger partial charge in [0.25, 0.3) is 5.91 Å². The number of hydrogen-bond donors (Lipinski definition) is 0. The highest BCUT2D eigenvalue weighted by atomic mass is 16.5. The summed E-state index contributed by atoms with van der Waals surface area (Å²) in [6.07, 6.45) is 5.17. The second kappa shape index (κ2) is 5.34. The minimum absolute atomic E-state index is 0.163. The lowest BCUT2D eigenvalue weighted by atomic mass is 10.1. The minimum atomic E-state index is 0.163. The number of carbonyl (C=O) groups excluding carboxylic acids is 1. The van der Waals surface area contributed by atoms with Crippen LogP contribution in [0.15, 0.2) is 24.3 Å². The Morgan fingerprint density at radius 2 is 1.86 bits per heavy atom. The topological polar surface area (TPSA) is 32.8 Å². The van der Waals surface area contributed by atoms with Crippen molar-refractivity contribution in [2.75, 3.05) is 31.1 Å². The van der Waals surface area contributed by atoms with Crippen LogP contribution in [0, 0.1) is 0 Å². The number of carbonyl (C=O) groups is 1. The van der Waals surface area contributed by atoms with Gasteiger partial charge in [-0.05, 0) is 49.9 Å². The van der Waals surface area contributed by atoms with Gasteiger partial charge in [-0.2, -0.15) is 0 Å². The van der Waals surface area contributed by atoms with Crippen molar-refractivity contribution < 1.29 is 9.53 Å². The molecule has 0 radical (unpaired) electrons. The highest BCUT2D eigenvalue weighted by molar-refractivity contribution is 5.95. The van der Waals surface area contributed by atoms with Crippen LogP contribution in [0.5, 0.6) is 0 Å². The second-order valence-electron chi connectivity index (χ2n) is 6.40. The number of fused-ring (bicyclic) bond motifs is 2. The van der Waals surface area contributed by atoms with Crippen molar-refractivity contribution in [3.05, 3.63) is 29.8 Å². The van der Waals surface area contributed by atoms with E-state index in [1.54, 1.807) is 0 Å². The molecule has 0 saturated carbocycles. The van der Waals surface area contributed by atoms with Crippen molar-refractivity contribution in [1.82, 2.24) is 4.90 Å². The van der Waals surface area contributed by atoms with Crippen molar-refractivity contribution in [2.45, 2.75) is 37.8 Å². The van der Waals surface area contributed by atoms with Crippen LogP contribution in [0.4, 0.5) is 5.69 Å². The van der Waals surface area contributed by atoms with E-state index < -0.39 is 0 Å². The molecule has 4 heteroatoms. The van der Waals surface area contributed by atoms with E-state index in [-0.39, 0.29) is 12.0 Å². The molecule has 3 aliphatic rings. The van der Waals surface area contributed by atoms with Gasteiger partial charge >= 0.3 is 0 Å². The Balaban J connectivity index is 1.47. The Kier molecular flexibility index (Phi) is 3.34. The van der Waals surface area contributed by atoms with Gasteiger partial charge < -0.3 is 14.5 Å². The van der Waals surface area contributed by atoms with E-state index >= 15 is 0 Å². The third-order valence-electron chi connectivity index (χ3n) is 5.00. The Labute approximate surface area is 125 Å². The zero-order valence-corrected chi connectivity index (χ0v) is 12.3. The molecule has 2 unspecified atom stereocenters. The third kappa shape index (κ3) is 2.42. The predicted octanol–water partition coefficient (Wildman–Crippen LogP) is 2.29. The first-order valence-electron chi connectivity index (χ1n) is 8.09. The molecule has 112 valence electrons. The van der Waals surface area contributed by atoms with Gasteiger partial charge in [-0.25, -0.2) is 0 Å².